The van der Waals surface area contributed by atoms with E-state index in [1.54, 1.807) is 24.3 Å². The Kier molecular flexibility index (Phi) is 5.50. The van der Waals surface area contributed by atoms with Crippen LogP contribution in [0.2, 0.25) is 0 Å². The molecule has 2 heterocycles. The van der Waals surface area contributed by atoms with Crippen LogP contribution in [0.15, 0.2) is 34.8 Å². The van der Waals surface area contributed by atoms with Crippen molar-refractivity contribution >= 4 is 27.7 Å². The summed E-state index contributed by atoms with van der Waals surface area (Å²) in [5.74, 6) is -0.0614. The molecule has 0 bridgehead atoms. The molecule has 2 atom stereocenters. The van der Waals surface area contributed by atoms with Crippen molar-refractivity contribution in [1.29, 1.82) is 0 Å². The van der Waals surface area contributed by atoms with Gasteiger partial charge in [-0.2, -0.15) is 18.3 Å². The van der Waals surface area contributed by atoms with Gasteiger partial charge in [0.05, 0.1) is 6.04 Å². The summed E-state index contributed by atoms with van der Waals surface area (Å²) in [7, 11) is 0. The molecule has 5 nitrogen and oxygen atoms in total. The van der Waals surface area contributed by atoms with E-state index in [4.69, 9.17) is 0 Å². The number of carbonyl (C=O) groups excluding carboxylic acids is 1. The maximum atomic E-state index is 13.6. The Morgan fingerprint density at radius 2 is 2.04 bits per heavy atom. The molecule has 9 heteroatoms. The summed E-state index contributed by atoms with van der Waals surface area (Å²) in [6.45, 7) is 4.30. The number of fused-ring (bicyclic) bond motifs is 1. The number of alkyl halides is 3. The van der Waals surface area contributed by atoms with Crippen LogP contribution in [-0.4, -0.2) is 28.4 Å². The van der Waals surface area contributed by atoms with Crippen molar-refractivity contribution in [3.05, 3.63) is 46.1 Å². The average Bonchev–Trinajstić information content (AvgIpc) is 3.02. The third kappa shape index (κ3) is 4.45. The molecule has 0 saturated carbocycles. The molecule has 1 aliphatic heterocycles. The topological polar surface area (TPSA) is 59.0 Å². The lowest BCUT2D eigenvalue weighted by molar-refractivity contribution is -0.173. The molecule has 0 unspecified atom stereocenters. The molecule has 0 aliphatic carbocycles. The van der Waals surface area contributed by atoms with E-state index in [9.17, 15) is 18.0 Å². The maximum Gasteiger partial charge on any atom is 0.410 e. The molecule has 2 N–H and O–H groups in total. The largest absolute Gasteiger partial charge is 0.410 e. The SMILES string of the molecule is CC(C)CNC(=O)c1cc2n(n1)[C@@H](C(F)(F)F)C[C@H](c1ccc(Br)cc1)N2. The molecule has 1 amide bonds. The zero-order valence-electron chi connectivity index (χ0n) is 14.8. The lowest BCUT2D eigenvalue weighted by atomic mass is 9.97. The van der Waals surface area contributed by atoms with Crippen molar-refractivity contribution in [2.24, 2.45) is 5.92 Å². The molecule has 1 aliphatic rings. The van der Waals surface area contributed by atoms with Crippen molar-refractivity contribution in [2.45, 2.75) is 38.5 Å². The molecular weight excluding hydrogens is 425 g/mol. The Morgan fingerprint density at radius 1 is 1.37 bits per heavy atom. The van der Waals surface area contributed by atoms with Gasteiger partial charge in [0.25, 0.3) is 5.91 Å². The fourth-order valence-electron chi connectivity index (χ4n) is 2.99. The zero-order chi connectivity index (χ0) is 19.8. The second-order valence-electron chi connectivity index (χ2n) is 7.00. The number of aromatic nitrogens is 2. The van der Waals surface area contributed by atoms with Gasteiger partial charge in [0.1, 0.15) is 5.82 Å². The fraction of sp³-hybridized carbons (Fsp3) is 0.444. The number of anilines is 1. The standard InChI is InChI=1S/C18H20BrF3N4O/c1-10(2)9-23-17(27)14-8-16-24-13(11-3-5-12(19)6-4-11)7-15(18(20,21)22)26(16)25-14/h3-6,8,10,13,15,24H,7,9H2,1-2H3,(H,23,27)/t13-,15-/m1/s1. The molecule has 27 heavy (non-hydrogen) atoms. The Hall–Kier alpha value is -2.03. The monoisotopic (exact) mass is 444 g/mol. The number of carbonyl (C=O) groups is 1. The number of hydrogen-bond donors (Lipinski definition) is 2. The minimum atomic E-state index is -4.47. The van der Waals surface area contributed by atoms with Crippen LogP contribution < -0.4 is 10.6 Å². The Labute approximate surface area is 163 Å². The molecule has 1 aromatic carbocycles. The Morgan fingerprint density at radius 3 is 2.63 bits per heavy atom. The van der Waals surface area contributed by atoms with Crippen LogP contribution in [0, 0.1) is 5.92 Å². The minimum absolute atomic E-state index is 0.0242. The fourth-order valence-corrected chi connectivity index (χ4v) is 3.25. The van der Waals surface area contributed by atoms with Gasteiger partial charge in [0.15, 0.2) is 11.7 Å². The van der Waals surface area contributed by atoms with Gasteiger partial charge < -0.3 is 10.6 Å². The second-order valence-corrected chi connectivity index (χ2v) is 7.92. The van der Waals surface area contributed by atoms with E-state index in [1.165, 1.54) is 6.07 Å². The highest BCUT2D eigenvalue weighted by Gasteiger charge is 2.46. The van der Waals surface area contributed by atoms with Crippen molar-refractivity contribution in [1.82, 2.24) is 15.1 Å². The van der Waals surface area contributed by atoms with E-state index in [2.05, 4.69) is 31.7 Å². The first-order valence-corrected chi connectivity index (χ1v) is 9.41. The van der Waals surface area contributed by atoms with Crippen LogP contribution in [0.25, 0.3) is 0 Å². The Balaban J connectivity index is 1.91. The number of rotatable bonds is 4. The first-order valence-electron chi connectivity index (χ1n) is 8.61. The predicted octanol–water partition coefficient (Wildman–Crippen LogP) is 4.69. The van der Waals surface area contributed by atoms with Crippen LogP contribution in [-0.2, 0) is 0 Å². The van der Waals surface area contributed by atoms with E-state index < -0.39 is 24.2 Å². The first kappa shape index (κ1) is 19.7. The molecule has 0 radical (unpaired) electrons. The van der Waals surface area contributed by atoms with Gasteiger partial charge in [-0.15, -0.1) is 0 Å². The lowest BCUT2D eigenvalue weighted by Gasteiger charge is -2.33. The third-order valence-corrected chi connectivity index (χ3v) is 4.89. The summed E-state index contributed by atoms with van der Waals surface area (Å²) in [5.41, 5.74) is 0.717. The summed E-state index contributed by atoms with van der Waals surface area (Å²) in [5, 5.41) is 9.69. The first-order chi connectivity index (χ1) is 12.6. The highest BCUT2D eigenvalue weighted by molar-refractivity contribution is 9.10. The highest BCUT2D eigenvalue weighted by atomic mass is 79.9. The molecule has 2 aromatic rings. The summed E-state index contributed by atoms with van der Waals surface area (Å²) in [6, 6.07) is 6.18. The molecule has 0 saturated heterocycles. The van der Waals surface area contributed by atoms with Crippen molar-refractivity contribution in [3.63, 3.8) is 0 Å². The number of nitrogens with zero attached hydrogens (tertiary/aromatic N) is 2. The molecule has 0 fully saturated rings. The predicted molar refractivity (Wildman–Crippen MR) is 99.6 cm³/mol. The average molecular weight is 445 g/mol. The smallest absolute Gasteiger partial charge is 0.363 e. The van der Waals surface area contributed by atoms with Crippen molar-refractivity contribution in [3.8, 4) is 0 Å². The van der Waals surface area contributed by atoms with E-state index in [1.807, 2.05) is 13.8 Å². The summed E-state index contributed by atoms with van der Waals surface area (Å²) < 4.78 is 42.6. The van der Waals surface area contributed by atoms with Crippen molar-refractivity contribution in [2.75, 3.05) is 11.9 Å². The van der Waals surface area contributed by atoms with Crippen LogP contribution in [0.4, 0.5) is 19.0 Å². The molecular formula is C18H20BrF3N4O. The number of amides is 1. The zero-order valence-corrected chi connectivity index (χ0v) is 16.4. The third-order valence-electron chi connectivity index (χ3n) is 4.37. The summed E-state index contributed by atoms with van der Waals surface area (Å²) >= 11 is 3.32. The van der Waals surface area contributed by atoms with Gasteiger partial charge >= 0.3 is 6.18 Å². The minimum Gasteiger partial charge on any atom is -0.363 e. The number of halogens is 4. The second kappa shape index (κ2) is 7.53. The van der Waals surface area contributed by atoms with Crippen LogP contribution in [0.3, 0.4) is 0 Å². The maximum absolute atomic E-state index is 13.6. The van der Waals surface area contributed by atoms with Gasteiger partial charge in [0.2, 0.25) is 0 Å². The number of benzene rings is 1. The quantitative estimate of drug-likeness (QED) is 0.718. The normalized spacial score (nSPS) is 19.5. The van der Waals surface area contributed by atoms with E-state index >= 15 is 0 Å². The summed E-state index contributed by atoms with van der Waals surface area (Å²) in [4.78, 5) is 12.2. The molecule has 0 spiro atoms. The summed E-state index contributed by atoms with van der Waals surface area (Å²) in [6.07, 6.45) is -4.67. The molecule has 146 valence electrons. The lowest BCUT2D eigenvalue weighted by Crippen LogP contribution is -2.36. The Bertz CT molecular complexity index is 817. The molecule has 1 aromatic heterocycles. The highest BCUT2D eigenvalue weighted by Crippen LogP contribution is 2.43. The van der Waals surface area contributed by atoms with Crippen LogP contribution in [0.5, 0.6) is 0 Å². The van der Waals surface area contributed by atoms with Gasteiger partial charge in [-0.3, -0.25) is 4.79 Å². The van der Waals surface area contributed by atoms with Crippen LogP contribution in [0.1, 0.15) is 48.4 Å². The van der Waals surface area contributed by atoms with Gasteiger partial charge in [-0.1, -0.05) is 41.9 Å². The van der Waals surface area contributed by atoms with Gasteiger partial charge in [-0.25, -0.2) is 4.68 Å². The van der Waals surface area contributed by atoms with E-state index in [-0.39, 0.29) is 23.9 Å². The van der Waals surface area contributed by atoms with Gasteiger partial charge in [0, 0.05) is 23.5 Å². The number of nitrogens with one attached hydrogen (secondary N) is 2. The number of hydrogen-bond acceptors (Lipinski definition) is 3. The van der Waals surface area contributed by atoms with Gasteiger partial charge in [-0.05, 0) is 23.6 Å². The van der Waals surface area contributed by atoms with E-state index in [0.717, 1.165) is 14.7 Å². The molecule has 3 rings (SSSR count). The van der Waals surface area contributed by atoms with E-state index in [0.29, 0.717) is 6.54 Å². The van der Waals surface area contributed by atoms with Crippen LogP contribution >= 0.6 is 15.9 Å². The van der Waals surface area contributed by atoms with Crippen molar-refractivity contribution < 1.29 is 18.0 Å².